The Morgan fingerprint density at radius 3 is 2.56 bits per heavy atom. The van der Waals surface area contributed by atoms with Crippen LogP contribution < -0.4 is 18.9 Å². The molecule has 2 N–H and O–H groups in total. The second-order valence-corrected chi connectivity index (χ2v) is 16.8. The number of ether oxygens (including phenoxy) is 7. The van der Waals surface area contributed by atoms with Gasteiger partial charge < -0.3 is 48.2 Å². The van der Waals surface area contributed by atoms with E-state index in [1.54, 1.807) is 35.2 Å². The van der Waals surface area contributed by atoms with Gasteiger partial charge >= 0.3 is 6.09 Å². The van der Waals surface area contributed by atoms with Gasteiger partial charge in [-0.2, -0.15) is 0 Å². The maximum Gasteiger partial charge on any atom is 0.410 e. The third-order valence-electron chi connectivity index (χ3n) is 12.9. The second kappa shape index (κ2) is 20.4. The molecule has 0 radical (unpaired) electrons. The molecule has 7 atom stereocenters. The van der Waals surface area contributed by atoms with E-state index in [-0.39, 0.29) is 57.3 Å². The van der Waals surface area contributed by atoms with Crippen LogP contribution >= 0.6 is 0 Å². The van der Waals surface area contributed by atoms with Crippen LogP contribution in [-0.4, -0.2) is 91.7 Å². The van der Waals surface area contributed by atoms with Gasteiger partial charge in [-0.05, 0) is 104 Å². The van der Waals surface area contributed by atoms with Gasteiger partial charge in [-0.25, -0.2) is 4.79 Å². The van der Waals surface area contributed by atoms with E-state index < -0.39 is 30.1 Å². The topological polar surface area (TPSA) is 164 Å². The molecule has 2 fully saturated rings. The maximum absolute atomic E-state index is 14.4. The quantitative estimate of drug-likeness (QED) is 0.0512. The van der Waals surface area contributed by atoms with E-state index in [9.17, 15) is 19.8 Å². The standard InChI is InChI=1S/C49H58N2O12/c1-3-22-60-49-44(51(48(55)56-2)29-32-16-18-42-43(25-32)59-31-58-42)28-40(50-63-45-15-6-9-23-57-45)38-26-34(12-4-7-20-52)37(14-5-8-21-53)46(47(38)49)39-27-36(17-19-41(39)62-49)61-35-13-10-11-33(24-35)30-54/h3,10-11,13,16-19,24-27,30,34,37,44-47,52-53H,1,4-9,12,14-15,20-23,28-29,31H2,2H3. The summed E-state index contributed by atoms with van der Waals surface area (Å²) >= 11 is 0. The molecule has 0 bridgehead atoms. The summed E-state index contributed by atoms with van der Waals surface area (Å²) in [5.41, 5.74) is 3.70. The van der Waals surface area contributed by atoms with Crippen molar-refractivity contribution in [3.63, 3.8) is 0 Å². The van der Waals surface area contributed by atoms with Gasteiger partial charge in [-0.3, -0.25) is 9.69 Å². The molecule has 1 saturated carbocycles. The molecule has 5 aliphatic rings. The van der Waals surface area contributed by atoms with Crippen LogP contribution in [0.5, 0.6) is 28.7 Å². The summed E-state index contributed by atoms with van der Waals surface area (Å²) in [5, 5.41) is 24.9. The van der Waals surface area contributed by atoms with Crippen LogP contribution in [0.4, 0.5) is 4.79 Å². The van der Waals surface area contributed by atoms with Gasteiger partial charge in [-0.15, -0.1) is 6.58 Å². The SMILES string of the molecule is C=CCOC12Oc3ccc(Oc4cccc(C=O)c4)cc3C3C(CCCCO)C(CCCCO)C=C(C(=NOC4CCCCO4)CC1N(Cc1ccc4c(c1)OCO4)C(=O)OC)C32. The fourth-order valence-corrected chi connectivity index (χ4v) is 10.1. The van der Waals surface area contributed by atoms with Crippen LogP contribution in [-0.2, 0) is 25.6 Å². The molecule has 3 aromatic carbocycles. The molecule has 2 aliphatic carbocycles. The first kappa shape index (κ1) is 44.2. The summed E-state index contributed by atoms with van der Waals surface area (Å²) in [6.45, 7) is 5.07. The second-order valence-electron chi connectivity index (χ2n) is 16.8. The summed E-state index contributed by atoms with van der Waals surface area (Å²) < 4.78 is 43.8. The fourth-order valence-electron chi connectivity index (χ4n) is 10.1. The first-order chi connectivity index (χ1) is 30.9. The number of nitrogens with zero attached hydrogens (tertiary/aromatic N) is 2. The number of amides is 1. The molecule has 1 amide bonds. The number of aldehydes is 1. The summed E-state index contributed by atoms with van der Waals surface area (Å²) in [4.78, 5) is 34.0. The van der Waals surface area contributed by atoms with Crippen LogP contribution in [0, 0.1) is 17.8 Å². The summed E-state index contributed by atoms with van der Waals surface area (Å²) in [7, 11) is 1.36. The number of aliphatic hydroxyl groups excluding tert-OH is 2. The molecule has 3 heterocycles. The molecule has 63 heavy (non-hydrogen) atoms. The predicted molar refractivity (Wildman–Crippen MR) is 232 cm³/mol. The predicted octanol–water partition coefficient (Wildman–Crippen LogP) is 8.45. The van der Waals surface area contributed by atoms with Crippen molar-refractivity contribution in [3.05, 3.63) is 102 Å². The minimum absolute atomic E-state index is 0.00461. The maximum atomic E-state index is 14.4. The molecule has 7 unspecified atom stereocenters. The van der Waals surface area contributed by atoms with Crippen molar-refractivity contribution in [1.29, 1.82) is 0 Å². The number of benzene rings is 3. The van der Waals surface area contributed by atoms with Gasteiger partial charge in [-0.1, -0.05) is 48.3 Å². The average Bonchev–Trinajstić information content (AvgIpc) is 3.79. The van der Waals surface area contributed by atoms with Crippen molar-refractivity contribution in [2.24, 2.45) is 22.9 Å². The smallest absolute Gasteiger partial charge is 0.410 e. The van der Waals surface area contributed by atoms with Crippen molar-refractivity contribution >= 4 is 18.1 Å². The van der Waals surface area contributed by atoms with Crippen molar-refractivity contribution in [1.82, 2.24) is 4.90 Å². The minimum atomic E-state index is -1.51. The van der Waals surface area contributed by atoms with Crippen molar-refractivity contribution < 1.29 is 57.8 Å². The molecule has 1 saturated heterocycles. The van der Waals surface area contributed by atoms with Crippen LogP contribution in [0.1, 0.15) is 91.6 Å². The van der Waals surface area contributed by atoms with Crippen LogP contribution in [0.2, 0.25) is 0 Å². The Morgan fingerprint density at radius 1 is 0.968 bits per heavy atom. The molecule has 14 nitrogen and oxygen atoms in total. The normalized spacial score (nSPS) is 26.1. The molecular weight excluding hydrogens is 809 g/mol. The molecule has 14 heteroatoms. The number of carbonyl (C=O) groups excluding carboxylic acids is 2. The Balaban J connectivity index is 1.32. The summed E-state index contributed by atoms with van der Waals surface area (Å²) in [6, 6.07) is 17.5. The number of unbranched alkanes of at least 4 members (excludes halogenated alkanes) is 2. The number of fused-ring (bicyclic) bond motifs is 3. The fraction of sp³-hybridized carbons (Fsp3) is 0.490. The van der Waals surface area contributed by atoms with Gasteiger partial charge in [0, 0.05) is 49.6 Å². The molecular formula is C49H58N2O12. The molecule has 336 valence electrons. The number of oxime groups is 1. The number of carbonyl (C=O) groups is 2. The first-order valence-electron chi connectivity index (χ1n) is 22.2. The lowest BCUT2D eigenvalue weighted by Crippen LogP contribution is -2.70. The van der Waals surface area contributed by atoms with Crippen LogP contribution in [0.15, 0.2) is 90.1 Å². The van der Waals surface area contributed by atoms with E-state index in [1.807, 2.05) is 36.4 Å². The minimum Gasteiger partial charge on any atom is -0.459 e. The van der Waals surface area contributed by atoms with E-state index in [0.29, 0.717) is 65.9 Å². The van der Waals surface area contributed by atoms with Crippen molar-refractivity contribution in [2.75, 3.05) is 40.3 Å². The van der Waals surface area contributed by atoms with Gasteiger partial charge in [0.1, 0.15) is 29.6 Å². The van der Waals surface area contributed by atoms with Crippen molar-refractivity contribution in [3.8, 4) is 28.7 Å². The zero-order valence-electron chi connectivity index (χ0n) is 35.9. The summed E-state index contributed by atoms with van der Waals surface area (Å²) in [5.74, 6) is 0.519. The van der Waals surface area contributed by atoms with Crippen LogP contribution in [0.25, 0.3) is 0 Å². The molecule has 0 spiro atoms. The lowest BCUT2D eigenvalue weighted by molar-refractivity contribution is -0.256. The first-order valence-corrected chi connectivity index (χ1v) is 22.2. The summed E-state index contributed by atoms with van der Waals surface area (Å²) in [6.07, 6.45) is 10.8. The average molecular weight is 867 g/mol. The number of aliphatic hydroxyl groups is 2. The highest BCUT2D eigenvalue weighted by Gasteiger charge is 2.65. The Labute approximate surface area is 368 Å². The Morgan fingerprint density at radius 2 is 1.78 bits per heavy atom. The highest BCUT2D eigenvalue weighted by molar-refractivity contribution is 6.03. The number of hydrogen-bond donors (Lipinski definition) is 2. The molecule has 0 aromatic heterocycles. The van der Waals surface area contributed by atoms with Crippen molar-refractivity contribution in [2.45, 2.75) is 94.8 Å². The highest BCUT2D eigenvalue weighted by atomic mass is 16.8. The highest BCUT2D eigenvalue weighted by Crippen LogP contribution is 2.62. The van der Waals surface area contributed by atoms with E-state index in [1.165, 1.54) is 7.11 Å². The number of allylic oxidation sites excluding steroid dienone is 1. The number of hydrogen-bond acceptors (Lipinski definition) is 13. The zero-order valence-corrected chi connectivity index (χ0v) is 35.9. The van der Waals surface area contributed by atoms with Gasteiger partial charge in [0.2, 0.25) is 18.9 Å². The Bertz CT molecular complexity index is 2150. The van der Waals surface area contributed by atoms with Gasteiger partial charge in [0.15, 0.2) is 11.5 Å². The van der Waals surface area contributed by atoms with Crippen LogP contribution in [0.3, 0.4) is 0 Å². The lowest BCUT2D eigenvalue weighted by Gasteiger charge is -2.59. The molecule has 3 aliphatic heterocycles. The number of rotatable bonds is 19. The van der Waals surface area contributed by atoms with Gasteiger partial charge in [0.25, 0.3) is 0 Å². The molecule has 8 rings (SSSR count). The third kappa shape index (κ3) is 9.45. The lowest BCUT2D eigenvalue weighted by atomic mass is 9.55. The van der Waals surface area contributed by atoms with E-state index >= 15 is 0 Å². The van der Waals surface area contributed by atoms with E-state index in [4.69, 9.17) is 43.2 Å². The zero-order chi connectivity index (χ0) is 43.8. The third-order valence-corrected chi connectivity index (χ3v) is 12.9. The molecule has 3 aromatic rings. The monoisotopic (exact) mass is 866 g/mol. The Kier molecular flexibility index (Phi) is 14.3. The number of methoxy groups -OCH3 is 1. The van der Waals surface area contributed by atoms with E-state index in [0.717, 1.165) is 61.5 Å². The van der Waals surface area contributed by atoms with Gasteiger partial charge in [0.05, 0.1) is 32.0 Å². The Hall–Kier alpha value is -5.41. The largest absolute Gasteiger partial charge is 0.459 e. The van der Waals surface area contributed by atoms with E-state index in [2.05, 4.69) is 12.7 Å².